The molecule has 0 aromatic rings. The van der Waals surface area contributed by atoms with E-state index in [1.54, 1.807) is 0 Å². The second-order valence-electron chi connectivity index (χ2n) is 2.04. The molecule has 44 valence electrons. The number of hydrogen-bond acceptors (Lipinski definition) is 2. The van der Waals surface area contributed by atoms with Crippen LogP contribution in [0.15, 0.2) is 0 Å². The molecule has 2 nitrogen and oxygen atoms in total. The van der Waals surface area contributed by atoms with E-state index in [-0.39, 0.29) is 5.92 Å². The minimum atomic E-state index is 0.170. The molecule has 2 heteroatoms. The Morgan fingerprint density at radius 2 is 2.50 bits per heavy atom. The summed E-state index contributed by atoms with van der Waals surface area (Å²) in [6.07, 6.45) is 2.08. The fourth-order valence-electron chi connectivity index (χ4n) is 0.843. The summed E-state index contributed by atoms with van der Waals surface area (Å²) in [5, 5.41) is 8.36. The van der Waals surface area contributed by atoms with Crippen LogP contribution in [0.4, 0.5) is 0 Å². The Balaban J connectivity index is 2.25. The first-order chi connectivity index (χ1) is 3.93. The molecular weight excluding hydrogens is 102 g/mol. The van der Waals surface area contributed by atoms with Crippen LogP contribution in [0.3, 0.4) is 0 Å². The average molecular weight is 111 g/mol. The first-order valence-corrected chi connectivity index (χ1v) is 2.91. The molecule has 0 saturated carbocycles. The van der Waals surface area contributed by atoms with Crippen molar-refractivity contribution in [1.82, 2.24) is 0 Å². The van der Waals surface area contributed by atoms with E-state index in [4.69, 9.17) is 10.00 Å². The molecule has 8 heavy (non-hydrogen) atoms. The van der Waals surface area contributed by atoms with Gasteiger partial charge in [0.1, 0.15) is 0 Å². The molecule has 0 aromatic heterocycles. The third-order valence-electron chi connectivity index (χ3n) is 1.34. The van der Waals surface area contributed by atoms with E-state index in [2.05, 4.69) is 6.07 Å². The highest BCUT2D eigenvalue weighted by molar-refractivity contribution is 4.83. The second-order valence-corrected chi connectivity index (χ2v) is 2.04. The van der Waals surface area contributed by atoms with E-state index < -0.39 is 0 Å². The van der Waals surface area contributed by atoms with Crippen LogP contribution < -0.4 is 0 Å². The topological polar surface area (TPSA) is 33.0 Å². The summed E-state index contributed by atoms with van der Waals surface area (Å²) in [6, 6.07) is 2.18. The first kappa shape index (κ1) is 5.58. The molecule has 1 atom stereocenters. The van der Waals surface area contributed by atoms with Crippen molar-refractivity contribution in [3.8, 4) is 6.07 Å². The van der Waals surface area contributed by atoms with E-state index in [1.807, 2.05) is 0 Å². The molecule has 0 unspecified atom stereocenters. The lowest BCUT2D eigenvalue weighted by atomic mass is 10.1. The van der Waals surface area contributed by atoms with Crippen molar-refractivity contribution in [3.05, 3.63) is 0 Å². The summed E-state index contributed by atoms with van der Waals surface area (Å²) >= 11 is 0. The monoisotopic (exact) mass is 111 g/mol. The van der Waals surface area contributed by atoms with Gasteiger partial charge in [-0.3, -0.25) is 0 Å². The van der Waals surface area contributed by atoms with Crippen LogP contribution in [0.1, 0.15) is 12.8 Å². The predicted molar refractivity (Wildman–Crippen MR) is 29.2 cm³/mol. The Kier molecular flexibility index (Phi) is 1.87. The summed E-state index contributed by atoms with van der Waals surface area (Å²) in [4.78, 5) is 0. The van der Waals surface area contributed by atoms with Gasteiger partial charge in [-0.15, -0.1) is 0 Å². The predicted octanol–water partition coefficient (Wildman–Crippen LogP) is 0.937. The molecule has 0 N–H and O–H groups in total. The van der Waals surface area contributed by atoms with E-state index in [9.17, 15) is 0 Å². The molecule has 1 aliphatic heterocycles. The zero-order valence-corrected chi connectivity index (χ0v) is 4.76. The Morgan fingerprint density at radius 1 is 1.62 bits per heavy atom. The molecule has 0 radical (unpaired) electrons. The molecule has 0 spiro atoms. The maximum absolute atomic E-state index is 8.36. The third-order valence-corrected chi connectivity index (χ3v) is 1.34. The summed E-state index contributed by atoms with van der Waals surface area (Å²) in [5.41, 5.74) is 0. The Hall–Kier alpha value is -0.550. The Bertz CT molecular complexity index is 99.6. The molecule has 1 heterocycles. The lowest BCUT2D eigenvalue weighted by molar-refractivity contribution is 0.0733. The number of nitrogens with zero attached hydrogens (tertiary/aromatic N) is 1. The maximum Gasteiger partial charge on any atom is 0.0698 e. The summed E-state index contributed by atoms with van der Waals surface area (Å²) in [7, 11) is 0. The van der Waals surface area contributed by atoms with Crippen molar-refractivity contribution in [2.24, 2.45) is 5.92 Å². The summed E-state index contributed by atoms with van der Waals surface area (Å²) < 4.78 is 5.05. The van der Waals surface area contributed by atoms with Gasteiger partial charge in [-0.05, 0) is 12.8 Å². The van der Waals surface area contributed by atoms with Crippen LogP contribution in [0, 0.1) is 17.2 Å². The van der Waals surface area contributed by atoms with Crippen LogP contribution in [-0.4, -0.2) is 13.2 Å². The van der Waals surface area contributed by atoms with Gasteiger partial charge in [-0.1, -0.05) is 0 Å². The van der Waals surface area contributed by atoms with Crippen molar-refractivity contribution in [2.45, 2.75) is 12.8 Å². The first-order valence-electron chi connectivity index (χ1n) is 2.91. The standard InChI is InChI=1S/C6H9NO/c7-4-6-2-1-3-8-5-6/h6H,1-3,5H2/t6-/m0/s1. The van der Waals surface area contributed by atoms with Crippen LogP contribution in [0.25, 0.3) is 0 Å². The normalized spacial score (nSPS) is 29.1. The van der Waals surface area contributed by atoms with Crippen LogP contribution in [0.2, 0.25) is 0 Å². The maximum atomic E-state index is 8.36. The number of rotatable bonds is 0. The molecular formula is C6H9NO. The average Bonchev–Trinajstić information content (AvgIpc) is 1.90. The molecule has 1 aliphatic rings. The highest BCUT2D eigenvalue weighted by atomic mass is 16.5. The van der Waals surface area contributed by atoms with Gasteiger partial charge in [-0.25, -0.2) is 0 Å². The third kappa shape index (κ3) is 1.21. The van der Waals surface area contributed by atoms with Crippen LogP contribution in [-0.2, 0) is 4.74 Å². The molecule has 1 fully saturated rings. The second kappa shape index (κ2) is 2.68. The highest BCUT2D eigenvalue weighted by Gasteiger charge is 2.11. The van der Waals surface area contributed by atoms with Crippen molar-refractivity contribution >= 4 is 0 Å². The molecule has 1 rings (SSSR count). The van der Waals surface area contributed by atoms with Crippen molar-refractivity contribution in [3.63, 3.8) is 0 Å². The van der Waals surface area contributed by atoms with E-state index >= 15 is 0 Å². The van der Waals surface area contributed by atoms with Gasteiger partial charge in [-0.2, -0.15) is 5.26 Å². The molecule has 0 aromatic carbocycles. The molecule has 0 bridgehead atoms. The number of ether oxygens (including phenoxy) is 1. The minimum absolute atomic E-state index is 0.170. The van der Waals surface area contributed by atoms with Crippen LogP contribution in [0.5, 0.6) is 0 Å². The fraction of sp³-hybridized carbons (Fsp3) is 0.833. The Labute approximate surface area is 49.1 Å². The minimum Gasteiger partial charge on any atom is -0.380 e. The van der Waals surface area contributed by atoms with Gasteiger partial charge in [0.15, 0.2) is 0 Å². The summed E-state index contributed by atoms with van der Waals surface area (Å²) in [6.45, 7) is 1.49. The summed E-state index contributed by atoms with van der Waals surface area (Å²) in [5.74, 6) is 0.170. The van der Waals surface area contributed by atoms with Gasteiger partial charge in [0.05, 0.1) is 18.6 Å². The SMILES string of the molecule is N#C[C@@H]1CCCOC1. The largest absolute Gasteiger partial charge is 0.380 e. The van der Waals surface area contributed by atoms with Gasteiger partial charge < -0.3 is 4.74 Å². The van der Waals surface area contributed by atoms with E-state index in [0.29, 0.717) is 6.61 Å². The van der Waals surface area contributed by atoms with Gasteiger partial charge in [0, 0.05) is 6.61 Å². The molecule has 0 aliphatic carbocycles. The van der Waals surface area contributed by atoms with Crippen molar-refractivity contribution in [2.75, 3.05) is 13.2 Å². The zero-order valence-electron chi connectivity index (χ0n) is 4.76. The lowest BCUT2D eigenvalue weighted by Gasteiger charge is -2.14. The van der Waals surface area contributed by atoms with E-state index in [0.717, 1.165) is 19.4 Å². The Morgan fingerprint density at radius 3 is 2.88 bits per heavy atom. The van der Waals surface area contributed by atoms with Crippen molar-refractivity contribution < 1.29 is 4.74 Å². The zero-order chi connectivity index (χ0) is 5.82. The molecule has 1 saturated heterocycles. The highest BCUT2D eigenvalue weighted by Crippen LogP contribution is 2.10. The molecule has 0 amide bonds. The van der Waals surface area contributed by atoms with Gasteiger partial charge >= 0.3 is 0 Å². The van der Waals surface area contributed by atoms with Crippen LogP contribution >= 0.6 is 0 Å². The van der Waals surface area contributed by atoms with E-state index in [1.165, 1.54) is 0 Å². The van der Waals surface area contributed by atoms with Gasteiger partial charge in [0.25, 0.3) is 0 Å². The van der Waals surface area contributed by atoms with Gasteiger partial charge in [0.2, 0.25) is 0 Å². The van der Waals surface area contributed by atoms with Crippen molar-refractivity contribution in [1.29, 1.82) is 5.26 Å². The fourth-order valence-corrected chi connectivity index (χ4v) is 0.843. The lowest BCUT2D eigenvalue weighted by Crippen LogP contribution is -2.14. The number of hydrogen-bond donors (Lipinski definition) is 0. The quantitative estimate of drug-likeness (QED) is 0.466. The smallest absolute Gasteiger partial charge is 0.0698 e. The number of nitriles is 1.